The Kier molecular flexibility index (Phi) is 8.42. The summed E-state index contributed by atoms with van der Waals surface area (Å²) in [4.78, 5) is 0. The normalized spacial score (nSPS) is 18.9. The van der Waals surface area contributed by atoms with Crippen molar-refractivity contribution in [2.45, 2.75) is 75.3 Å². The van der Waals surface area contributed by atoms with E-state index in [1.54, 1.807) is 42.4 Å². The van der Waals surface area contributed by atoms with E-state index in [1.807, 2.05) is 6.55 Å². The molecule has 0 N–H and O–H groups in total. The van der Waals surface area contributed by atoms with Gasteiger partial charge in [-0.1, -0.05) is 0 Å². The maximum Gasteiger partial charge on any atom is -1.00 e. The zero-order valence-electron chi connectivity index (χ0n) is 18.8. The Labute approximate surface area is 214 Å². The number of hydrogen-bond acceptors (Lipinski definition) is 0. The van der Waals surface area contributed by atoms with Gasteiger partial charge < -0.3 is 24.8 Å². The molecular formula is C28H32Cl2SiZr. The fraction of sp³-hybridized carbons (Fsp3) is 0.429. The van der Waals surface area contributed by atoms with E-state index < -0.39 is 20.4 Å². The molecular weight excluding hydrogens is 527 g/mol. The van der Waals surface area contributed by atoms with E-state index in [1.165, 1.54) is 44.1 Å². The molecule has 2 aromatic rings. The van der Waals surface area contributed by atoms with Crippen LogP contribution in [0.3, 0.4) is 0 Å². The fourth-order valence-corrected chi connectivity index (χ4v) is 33.0. The predicted octanol–water partition coefficient (Wildman–Crippen LogP) is 1.23. The van der Waals surface area contributed by atoms with Gasteiger partial charge in [0.2, 0.25) is 0 Å². The van der Waals surface area contributed by atoms with Crippen LogP contribution in [0.2, 0.25) is 11.1 Å². The summed E-state index contributed by atoms with van der Waals surface area (Å²) in [5.41, 5.74) is 8.36. The minimum absolute atomic E-state index is 0. The van der Waals surface area contributed by atoms with Crippen molar-refractivity contribution in [3.8, 4) is 11.1 Å². The first-order valence-electron chi connectivity index (χ1n) is 12.2. The van der Waals surface area contributed by atoms with Crippen LogP contribution >= 0.6 is 0 Å². The van der Waals surface area contributed by atoms with Crippen LogP contribution in [0, 0.1) is 0 Å². The van der Waals surface area contributed by atoms with Crippen molar-refractivity contribution < 1.29 is 45.2 Å². The van der Waals surface area contributed by atoms with Crippen LogP contribution in [-0.2, 0) is 26.8 Å². The second-order valence-corrected chi connectivity index (χ2v) is 24.3. The Morgan fingerprint density at radius 1 is 0.750 bits per heavy atom. The van der Waals surface area contributed by atoms with Crippen LogP contribution in [0.5, 0.6) is 0 Å². The molecule has 0 bridgehead atoms. The standard InChI is InChI=1S/C13H9.C10H18Si.C5H5.2ClH.Zr/c1-3-7-12-10(5-1)9-11-6-2-4-8-13(11)12;1-2-6-9(5-1)11-10-7-3-4-8-10;1-2-4-5-3-1;;;/h1-5,7-8H,9H2;9-10H,1-8H2;1-3H,4H2;2*1H;/q;;;;;+2/p-2. The number of hydrogen-bond donors (Lipinski definition) is 0. The van der Waals surface area contributed by atoms with Crippen molar-refractivity contribution >= 4 is 8.70 Å². The van der Waals surface area contributed by atoms with Crippen LogP contribution in [-0.4, -0.2) is 5.43 Å². The molecule has 0 atom stereocenters. The Morgan fingerprint density at radius 2 is 1.41 bits per heavy atom. The Morgan fingerprint density at radius 3 is 2.06 bits per heavy atom. The molecule has 4 aliphatic carbocycles. The van der Waals surface area contributed by atoms with Gasteiger partial charge in [-0.15, -0.1) is 0 Å². The summed E-state index contributed by atoms with van der Waals surface area (Å²) in [5.74, 6) is 0. The van der Waals surface area contributed by atoms with Gasteiger partial charge in [-0.3, -0.25) is 0 Å². The minimum Gasteiger partial charge on any atom is -1.00 e. The SMILES string of the molecule is C1=CC[C]([Zr+2]([c]2cccc3c2Cc2ccccc2-3)=[Si](C2CCCC2)C2CCCC2)=C1.[Cl-].[Cl-]. The third kappa shape index (κ3) is 4.47. The second kappa shape index (κ2) is 10.9. The molecule has 0 heterocycles. The first-order valence-corrected chi connectivity index (χ1v) is 20.0. The fourth-order valence-electron chi connectivity index (χ4n) is 6.75. The van der Waals surface area contributed by atoms with E-state index in [9.17, 15) is 0 Å². The molecule has 2 aromatic carbocycles. The van der Waals surface area contributed by atoms with E-state index in [0.717, 1.165) is 11.1 Å². The quantitative estimate of drug-likeness (QED) is 0.423. The molecule has 166 valence electrons. The summed E-state index contributed by atoms with van der Waals surface area (Å²) < 4.78 is 3.85. The van der Waals surface area contributed by atoms with Gasteiger partial charge in [0.1, 0.15) is 0 Å². The average Bonchev–Trinajstić information content (AvgIpc) is 3.58. The zero-order valence-corrected chi connectivity index (χ0v) is 23.7. The van der Waals surface area contributed by atoms with E-state index >= 15 is 0 Å². The molecule has 4 aliphatic rings. The molecule has 0 aromatic heterocycles. The van der Waals surface area contributed by atoms with Gasteiger partial charge in [0.05, 0.1) is 0 Å². The predicted molar refractivity (Wildman–Crippen MR) is 126 cm³/mol. The van der Waals surface area contributed by atoms with Gasteiger partial charge in [0.25, 0.3) is 0 Å². The number of fused-ring (bicyclic) bond motifs is 3. The van der Waals surface area contributed by atoms with E-state index in [4.69, 9.17) is 0 Å². The molecule has 2 saturated carbocycles. The zero-order chi connectivity index (χ0) is 19.9. The molecule has 0 spiro atoms. The number of allylic oxidation sites excluding steroid dienone is 4. The van der Waals surface area contributed by atoms with Gasteiger partial charge in [-0.2, -0.15) is 0 Å². The summed E-state index contributed by atoms with van der Waals surface area (Å²) in [6, 6.07) is 16.7. The van der Waals surface area contributed by atoms with Crippen molar-refractivity contribution in [1.29, 1.82) is 0 Å². The third-order valence-electron chi connectivity index (χ3n) is 8.09. The van der Waals surface area contributed by atoms with Crippen molar-refractivity contribution in [2.75, 3.05) is 0 Å². The Hall–Kier alpha value is -0.400. The first kappa shape index (κ1) is 24.7. The van der Waals surface area contributed by atoms with Gasteiger partial charge in [0.15, 0.2) is 0 Å². The summed E-state index contributed by atoms with van der Waals surface area (Å²) in [5, 5.41) is 0. The van der Waals surface area contributed by atoms with Crippen LogP contribution in [0.25, 0.3) is 11.1 Å². The van der Waals surface area contributed by atoms with Gasteiger partial charge in [0, 0.05) is 0 Å². The maximum atomic E-state index is 2.62. The van der Waals surface area contributed by atoms with Crippen LogP contribution in [0.15, 0.2) is 64.0 Å². The molecule has 0 unspecified atom stereocenters. The molecule has 0 nitrogen and oxygen atoms in total. The third-order valence-corrected chi connectivity index (χ3v) is 30.3. The molecule has 0 radical (unpaired) electrons. The molecule has 0 aliphatic heterocycles. The molecule has 6 rings (SSSR count). The van der Waals surface area contributed by atoms with Crippen molar-refractivity contribution in [2.24, 2.45) is 0 Å². The minimum atomic E-state index is -1.92. The van der Waals surface area contributed by atoms with Crippen molar-refractivity contribution in [3.63, 3.8) is 0 Å². The smallest absolute Gasteiger partial charge is 1.00 e. The largest absolute Gasteiger partial charge is 1.00 e. The molecule has 0 amide bonds. The monoisotopic (exact) mass is 556 g/mol. The van der Waals surface area contributed by atoms with E-state index in [0.29, 0.717) is 0 Å². The number of benzene rings is 2. The van der Waals surface area contributed by atoms with E-state index in [-0.39, 0.29) is 30.2 Å². The first-order chi connectivity index (χ1) is 14.9. The maximum absolute atomic E-state index is 2.62. The molecule has 2 fully saturated rings. The summed E-state index contributed by atoms with van der Waals surface area (Å²) in [6.45, 7) is 0. The van der Waals surface area contributed by atoms with Crippen LogP contribution in [0.1, 0.15) is 68.9 Å². The molecule has 4 heteroatoms. The van der Waals surface area contributed by atoms with Crippen LogP contribution in [0.4, 0.5) is 0 Å². The van der Waals surface area contributed by atoms with Crippen molar-refractivity contribution in [1.82, 2.24) is 0 Å². The molecule has 0 saturated heterocycles. The number of halogens is 2. The van der Waals surface area contributed by atoms with Gasteiger partial charge in [-0.25, -0.2) is 0 Å². The van der Waals surface area contributed by atoms with Crippen LogP contribution < -0.4 is 28.1 Å². The van der Waals surface area contributed by atoms with Gasteiger partial charge >= 0.3 is 191 Å². The van der Waals surface area contributed by atoms with E-state index in [2.05, 4.69) is 60.7 Å². The summed E-state index contributed by atoms with van der Waals surface area (Å²) in [6.07, 6.45) is 22.2. The Bertz CT molecular complexity index is 1050. The molecule has 32 heavy (non-hydrogen) atoms. The average molecular weight is 559 g/mol. The topological polar surface area (TPSA) is 0 Å². The van der Waals surface area contributed by atoms with Crippen molar-refractivity contribution in [3.05, 3.63) is 75.1 Å². The summed E-state index contributed by atoms with van der Waals surface area (Å²) in [7, 11) is 0. The second-order valence-electron chi connectivity index (χ2n) is 9.78. The van der Waals surface area contributed by atoms with Gasteiger partial charge in [-0.05, 0) is 0 Å². The summed E-state index contributed by atoms with van der Waals surface area (Å²) >= 11 is -1.92. The number of rotatable bonds is 4. The Balaban J connectivity index is 0.00000122.